The highest BCUT2D eigenvalue weighted by molar-refractivity contribution is 8.10. The van der Waals surface area contributed by atoms with E-state index in [1.807, 2.05) is 18.2 Å². The van der Waals surface area contributed by atoms with Crippen LogP contribution >= 0.6 is 0 Å². The molecule has 0 spiro atoms. The van der Waals surface area contributed by atoms with E-state index in [0.29, 0.717) is 6.42 Å². The second kappa shape index (κ2) is 6.61. The third kappa shape index (κ3) is 3.08. The summed E-state index contributed by atoms with van der Waals surface area (Å²) in [5.41, 5.74) is 1.73. The molecule has 3 nitrogen and oxygen atoms in total. The molecule has 2 aliphatic heterocycles. The van der Waals surface area contributed by atoms with Crippen LogP contribution in [0.1, 0.15) is 17.5 Å². The molecule has 2 aromatic rings. The standard InChI is InChI=1S/C20H23N2OS/c23-20(14-17-8-3-1-4-9-17)16-24(15-18-10-5-2-6-11-18)19-21-12-7-13-22(19)20/h1-6,8-11,23H,7,12-16H2/q+1. The van der Waals surface area contributed by atoms with Crippen molar-refractivity contribution in [3.8, 4) is 0 Å². The van der Waals surface area contributed by atoms with Crippen molar-refractivity contribution in [2.45, 2.75) is 24.3 Å². The van der Waals surface area contributed by atoms with Crippen LogP contribution in [-0.4, -0.2) is 39.7 Å². The van der Waals surface area contributed by atoms with Crippen molar-refractivity contribution in [1.82, 2.24) is 4.90 Å². The molecule has 4 heteroatoms. The maximum Gasteiger partial charge on any atom is 0.319 e. The minimum absolute atomic E-state index is 0.0119. The van der Waals surface area contributed by atoms with Gasteiger partial charge in [-0.3, -0.25) is 4.90 Å². The van der Waals surface area contributed by atoms with Gasteiger partial charge in [-0.25, -0.2) is 4.99 Å². The highest BCUT2D eigenvalue weighted by atomic mass is 32.2. The van der Waals surface area contributed by atoms with Gasteiger partial charge in [-0.1, -0.05) is 60.7 Å². The fourth-order valence-electron chi connectivity index (χ4n) is 3.60. The Bertz CT molecular complexity index is 719. The predicted octanol–water partition coefficient (Wildman–Crippen LogP) is 2.81. The van der Waals surface area contributed by atoms with Crippen LogP contribution in [0.3, 0.4) is 0 Å². The van der Waals surface area contributed by atoms with Crippen LogP contribution in [-0.2, 0) is 23.1 Å². The number of benzene rings is 2. The van der Waals surface area contributed by atoms with Gasteiger partial charge >= 0.3 is 5.17 Å². The first kappa shape index (κ1) is 15.7. The Kier molecular flexibility index (Phi) is 4.33. The van der Waals surface area contributed by atoms with Crippen molar-refractivity contribution in [3.05, 3.63) is 71.8 Å². The largest absolute Gasteiger partial charge is 0.366 e. The lowest BCUT2D eigenvalue weighted by atomic mass is 10.0. The number of aliphatic imine (C=N–C) groups is 1. The van der Waals surface area contributed by atoms with E-state index in [1.165, 1.54) is 11.1 Å². The Morgan fingerprint density at radius 1 is 1.00 bits per heavy atom. The molecule has 1 N–H and O–H groups in total. The van der Waals surface area contributed by atoms with Gasteiger partial charge in [-0.05, 0) is 12.0 Å². The van der Waals surface area contributed by atoms with E-state index >= 15 is 0 Å². The summed E-state index contributed by atoms with van der Waals surface area (Å²) < 4.78 is 0. The summed E-state index contributed by atoms with van der Waals surface area (Å²) in [5.74, 6) is 1.77. The first-order valence-electron chi connectivity index (χ1n) is 8.54. The highest BCUT2D eigenvalue weighted by Gasteiger charge is 2.56. The molecule has 2 atom stereocenters. The number of fused-ring (bicyclic) bond motifs is 1. The molecule has 0 bridgehead atoms. The van der Waals surface area contributed by atoms with Crippen LogP contribution in [0.25, 0.3) is 0 Å². The molecule has 0 aromatic heterocycles. The van der Waals surface area contributed by atoms with Gasteiger partial charge in [0, 0.05) is 25.1 Å². The summed E-state index contributed by atoms with van der Waals surface area (Å²) in [6, 6.07) is 20.9. The molecule has 2 heterocycles. The molecule has 2 aromatic carbocycles. The second-order valence-corrected chi connectivity index (χ2v) is 8.51. The zero-order valence-electron chi connectivity index (χ0n) is 13.8. The summed E-state index contributed by atoms with van der Waals surface area (Å²) in [6.07, 6.45) is 1.70. The number of nitrogens with zero attached hydrogens (tertiary/aromatic N) is 2. The van der Waals surface area contributed by atoms with Gasteiger partial charge in [0.25, 0.3) is 0 Å². The molecule has 0 saturated carbocycles. The Morgan fingerprint density at radius 2 is 1.67 bits per heavy atom. The zero-order valence-corrected chi connectivity index (χ0v) is 14.6. The van der Waals surface area contributed by atoms with Crippen molar-refractivity contribution in [2.75, 3.05) is 18.8 Å². The minimum Gasteiger partial charge on any atom is -0.366 e. The molecule has 24 heavy (non-hydrogen) atoms. The van der Waals surface area contributed by atoms with Gasteiger partial charge in [-0.2, -0.15) is 0 Å². The van der Waals surface area contributed by atoms with Gasteiger partial charge in [0.15, 0.2) is 11.5 Å². The lowest BCUT2D eigenvalue weighted by Crippen LogP contribution is -2.50. The van der Waals surface area contributed by atoms with Crippen molar-refractivity contribution in [3.63, 3.8) is 0 Å². The molecule has 2 unspecified atom stereocenters. The molecular formula is C20H23N2OS+. The molecule has 1 saturated heterocycles. The third-order valence-electron chi connectivity index (χ3n) is 4.70. The first-order chi connectivity index (χ1) is 11.7. The first-order valence-corrected chi connectivity index (χ1v) is 10.1. The van der Waals surface area contributed by atoms with Crippen molar-refractivity contribution in [1.29, 1.82) is 0 Å². The monoisotopic (exact) mass is 339 g/mol. The smallest absolute Gasteiger partial charge is 0.319 e. The molecule has 0 aliphatic carbocycles. The van der Waals surface area contributed by atoms with E-state index in [-0.39, 0.29) is 10.9 Å². The third-order valence-corrected chi connectivity index (χ3v) is 7.06. The molecule has 0 amide bonds. The summed E-state index contributed by atoms with van der Waals surface area (Å²) in [4.78, 5) is 6.99. The van der Waals surface area contributed by atoms with Crippen LogP contribution in [0, 0.1) is 0 Å². The average Bonchev–Trinajstić information content (AvgIpc) is 2.89. The van der Waals surface area contributed by atoms with Crippen LogP contribution in [0.5, 0.6) is 0 Å². The SMILES string of the molecule is OC1(Cc2ccccc2)C[S+](Cc2ccccc2)C2=NCCCN21. The van der Waals surface area contributed by atoms with Crippen LogP contribution < -0.4 is 0 Å². The molecule has 0 radical (unpaired) electrons. The van der Waals surface area contributed by atoms with E-state index in [2.05, 4.69) is 47.4 Å². The molecular weight excluding hydrogens is 316 g/mol. The van der Waals surface area contributed by atoms with E-state index in [4.69, 9.17) is 4.99 Å². The summed E-state index contributed by atoms with van der Waals surface area (Å²) in [7, 11) is -0.0119. The summed E-state index contributed by atoms with van der Waals surface area (Å²) >= 11 is 0. The molecule has 4 rings (SSSR count). The Balaban J connectivity index is 1.60. The number of hydrogen-bond donors (Lipinski definition) is 1. The fraction of sp³-hybridized carbons (Fsp3) is 0.350. The Hall–Kier alpha value is -1.78. The number of amidine groups is 1. The normalized spacial score (nSPS) is 26.1. The zero-order chi connectivity index (χ0) is 16.4. The van der Waals surface area contributed by atoms with Crippen LogP contribution in [0.15, 0.2) is 65.7 Å². The van der Waals surface area contributed by atoms with E-state index < -0.39 is 5.72 Å². The van der Waals surface area contributed by atoms with E-state index in [0.717, 1.165) is 36.2 Å². The van der Waals surface area contributed by atoms with Crippen molar-refractivity contribution in [2.24, 2.45) is 4.99 Å². The quantitative estimate of drug-likeness (QED) is 0.870. The Labute approximate surface area is 146 Å². The maximum atomic E-state index is 11.4. The van der Waals surface area contributed by atoms with Gasteiger partial charge in [-0.15, -0.1) is 0 Å². The van der Waals surface area contributed by atoms with Gasteiger partial charge in [0.2, 0.25) is 0 Å². The lowest BCUT2D eigenvalue weighted by Gasteiger charge is -2.32. The Morgan fingerprint density at radius 3 is 2.38 bits per heavy atom. The highest BCUT2D eigenvalue weighted by Crippen LogP contribution is 2.34. The molecule has 124 valence electrons. The minimum atomic E-state index is -0.793. The summed E-state index contributed by atoms with van der Waals surface area (Å²) in [5, 5.41) is 12.6. The number of hydrogen-bond acceptors (Lipinski definition) is 3. The van der Waals surface area contributed by atoms with Crippen molar-refractivity contribution < 1.29 is 5.11 Å². The predicted molar refractivity (Wildman–Crippen MR) is 101 cm³/mol. The number of aliphatic hydroxyl groups is 1. The lowest BCUT2D eigenvalue weighted by molar-refractivity contribution is -0.0431. The molecule has 1 fully saturated rings. The topological polar surface area (TPSA) is 35.8 Å². The van der Waals surface area contributed by atoms with Gasteiger partial charge in [0.05, 0.1) is 10.9 Å². The van der Waals surface area contributed by atoms with Gasteiger partial charge in [0.1, 0.15) is 5.75 Å². The van der Waals surface area contributed by atoms with E-state index in [1.54, 1.807) is 0 Å². The summed E-state index contributed by atoms with van der Waals surface area (Å²) in [6.45, 7) is 1.81. The second-order valence-electron chi connectivity index (χ2n) is 6.58. The van der Waals surface area contributed by atoms with Crippen molar-refractivity contribution >= 4 is 16.1 Å². The fourth-order valence-corrected chi connectivity index (χ4v) is 6.22. The van der Waals surface area contributed by atoms with Crippen LogP contribution in [0.2, 0.25) is 0 Å². The van der Waals surface area contributed by atoms with E-state index in [9.17, 15) is 5.11 Å². The average molecular weight is 339 g/mol. The van der Waals surface area contributed by atoms with Gasteiger partial charge < -0.3 is 5.11 Å². The number of rotatable bonds is 4. The maximum absolute atomic E-state index is 11.4. The molecule has 2 aliphatic rings. The van der Waals surface area contributed by atoms with Crippen LogP contribution in [0.4, 0.5) is 0 Å².